The molecule has 1 aliphatic heterocycles. The first-order valence-electron chi connectivity index (χ1n) is 7.03. The van der Waals surface area contributed by atoms with Crippen molar-refractivity contribution in [1.82, 2.24) is 0 Å². The van der Waals surface area contributed by atoms with Crippen LogP contribution in [0.4, 0.5) is 11.4 Å². The maximum absolute atomic E-state index is 12.5. The van der Waals surface area contributed by atoms with Crippen molar-refractivity contribution in [2.45, 2.75) is 25.7 Å². The third-order valence-corrected chi connectivity index (χ3v) is 4.54. The molecular formula is C16H16N2O. The second kappa shape index (κ2) is 4.05. The molecule has 4 rings (SSSR count). The lowest BCUT2D eigenvalue weighted by Crippen LogP contribution is -2.23. The molecule has 1 N–H and O–H groups in total. The summed E-state index contributed by atoms with van der Waals surface area (Å²) in [5, 5.41) is 3.48. The summed E-state index contributed by atoms with van der Waals surface area (Å²) in [5.41, 5.74) is 3.86. The molecule has 3 nitrogen and oxygen atoms in total. The smallest absolute Gasteiger partial charge is 0.169 e. The average molecular weight is 252 g/mol. The Morgan fingerprint density at radius 3 is 2.79 bits per heavy atom. The minimum absolute atomic E-state index is 0.197. The number of benzene rings is 1. The van der Waals surface area contributed by atoms with Crippen LogP contribution in [-0.4, -0.2) is 12.0 Å². The molecule has 96 valence electrons. The fraction of sp³-hybridized carbons (Fsp3) is 0.375. The molecule has 0 saturated heterocycles. The third kappa shape index (κ3) is 1.57. The molecule has 2 unspecified atom stereocenters. The number of aliphatic imine (C=N–C) groups is 1. The summed E-state index contributed by atoms with van der Waals surface area (Å²) in [6.45, 7) is 0. The molecular weight excluding hydrogens is 236 g/mol. The topological polar surface area (TPSA) is 41.5 Å². The van der Waals surface area contributed by atoms with Gasteiger partial charge in [-0.2, -0.15) is 0 Å². The van der Waals surface area contributed by atoms with E-state index in [-0.39, 0.29) is 5.92 Å². The van der Waals surface area contributed by atoms with Gasteiger partial charge in [-0.05, 0) is 25.0 Å². The number of Topliss-reactive ketones (excluding diaryl/α,β-unsaturated/α-hetero) is 1. The fourth-order valence-electron chi connectivity index (χ4n) is 3.59. The Morgan fingerprint density at radius 2 is 1.89 bits per heavy atom. The van der Waals surface area contributed by atoms with E-state index in [2.05, 4.69) is 10.3 Å². The molecule has 1 aromatic carbocycles. The molecule has 0 bridgehead atoms. The lowest BCUT2D eigenvalue weighted by molar-refractivity contribution is -0.119. The molecule has 0 aromatic heterocycles. The average Bonchev–Trinajstić information content (AvgIpc) is 2.63. The van der Waals surface area contributed by atoms with E-state index in [0.29, 0.717) is 11.7 Å². The van der Waals surface area contributed by atoms with Crippen molar-refractivity contribution in [1.29, 1.82) is 0 Å². The molecule has 1 heterocycles. The molecule has 3 heteroatoms. The van der Waals surface area contributed by atoms with Gasteiger partial charge in [0.05, 0.1) is 16.9 Å². The maximum atomic E-state index is 12.5. The van der Waals surface area contributed by atoms with E-state index in [1.54, 1.807) is 6.21 Å². The van der Waals surface area contributed by atoms with E-state index in [1.807, 2.05) is 24.3 Å². The van der Waals surface area contributed by atoms with Crippen molar-refractivity contribution in [2.24, 2.45) is 16.8 Å². The van der Waals surface area contributed by atoms with Gasteiger partial charge in [0.25, 0.3) is 0 Å². The summed E-state index contributed by atoms with van der Waals surface area (Å²) >= 11 is 0. The Kier molecular flexibility index (Phi) is 2.34. The first-order chi connectivity index (χ1) is 9.34. The molecule has 1 aromatic rings. The number of carbonyl (C=O) groups is 1. The van der Waals surface area contributed by atoms with E-state index in [0.717, 1.165) is 35.5 Å². The van der Waals surface area contributed by atoms with Crippen molar-refractivity contribution in [3.63, 3.8) is 0 Å². The standard InChI is InChI=1S/C16H16N2O/c19-16-11-6-2-1-5-10(11)15-12(16)9-17-13-7-3-4-8-14(13)18-15/h3-4,7-11,18H,1-2,5-6H2. The van der Waals surface area contributed by atoms with Gasteiger partial charge in [0.2, 0.25) is 0 Å². The lowest BCUT2D eigenvalue weighted by atomic mass is 9.80. The summed E-state index contributed by atoms with van der Waals surface area (Å²) in [5.74, 6) is 0.876. The summed E-state index contributed by atoms with van der Waals surface area (Å²) < 4.78 is 0. The summed E-state index contributed by atoms with van der Waals surface area (Å²) in [4.78, 5) is 17.0. The van der Waals surface area contributed by atoms with Crippen LogP contribution >= 0.6 is 0 Å². The van der Waals surface area contributed by atoms with Crippen LogP contribution in [0, 0.1) is 11.8 Å². The van der Waals surface area contributed by atoms with Crippen LogP contribution < -0.4 is 5.32 Å². The van der Waals surface area contributed by atoms with Crippen LogP contribution in [0.1, 0.15) is 25.7 Å². The monoisotopic (exact) mass is 252 g/mol. The molecule has 19 heavy (non-hydrogen) atoms. The number of hydrogen-bond donors (Lipinski definition) is 1. The van der Waals surface area contributed by atoms with Gasteiger partial charge in [-0.25, -0.2) is 0 Å². The van der Waals surface area contributed by atoms with Crippen LogP contribution in [0.15, 0.2) is 40.5 Å². The Hall–Kier alpha value is -1.90. The summed E-state index contributed by atoms with van der Waals surface area (Å²) in [6, 6.07) is 7.98. The van der Waals surface area contributed by atoms with Crippen molar-refractivity contribution in [3.8, 4) is 0 Å². The largest absolute Gasteiger partial charge is 0.356 e. The molecule has 2 atom stereocenters. The zero-order valence-corrected chi connectivity index (χ0v) is 10.7. The fourth-order valence-corrected chi connectivity index (χ4v) is 3.59. The highest BCUT2D eigenvalue weighted by Gasteiger charge is 2.42. The van der Waals surface area contributed by atoms with Crippen LogP contribution in [0.25, 0.3) is 0 Å². The Labute approximate surface area is 112 Å². The number of allylic oxidation sites excluding steroid dienone is 2. The van der Waals surface area contributed by atoms with Gasteiger partial charge in [-0.15, -0.1) is 0 Å². The quantitative estimate of drug-likeness (QED) is 0.768. The van der Waals surface area contributed by atoms with E-state index in [9.17, 15) is 4.79 Å². The lowest BCUT2D eigenvalue weighted by Gasteiger charge is -2.26. The molecule has 1 fully saturated rings. The molecule has 0 radical (unpaired) electrons. The highest BCUT2D eigenvalue weighted by atomic mass is 16.1. The Bertz CT molecular complexity index is 615. The minimum Gasteiger partial charge on any atom is -0.356 e. The SMILES string of the molecule is O=C1C2=C(Nc3ccccc3N=C2)C2CCCCC12. The molecule has 3 aliphatic rings. The zero-order chi connectivity index (χ0) is 12.8. The zero-order valence-electron chi connectivity index (χ0n) is 10.7. The second-order valence-corrected chi connectivity index (χ2v) is 5.59. The first-order valence-corrected chi connectivity index (χ1v) is 7.03. The number of carbonyl (C=O) groups excluding carboxylic acids is 1. The number of ketones is 1. The van der Waals surface area contributed by atoms with Gasteiger partial charge in [0.15, 0.2) is 5.78 Å². The highest BCUT2D eigenvalue weighted by molar-refractivity contribution is 6.18. The highest BCUT2D eigenvalue weighted by Crippen LogP contribution is 2.45. The van der Waals surface area contributed by atoms with E-state index < -0.39 is 0 Å². The van der Waals surface area contributed by atoms with Crippen molar-refractivity contribution in [3.05, 3.63) is 35.5 Å². The van der Waals surface area contributed by atoms with Crippen LogP contribution in [0.3, 0.4) is 0 Å². The second-order valence-electron chi connectivity index (χ2n) is 5.59. The number of nitrogens with zero attached hydrogens (tertiary/aromatic N) is 1. The molecule has 2 aliphatic carbocycles. The minimum atomic E-state index is 0.197. The van der Waals surface area contributed by atoms with Crippen molar-refractivity contribution >= 4 is 23.4 Å². The number of hydrogen-bond acceptors (Lipinski definition) is 3. The normalized spacial score (nSPS) is 28.3. The predicted octanol–water partition coefficient (Wildman–Crippen LogP) is 3.46. The Balaban J connectivity index is 1.80. The van der Waals surface area contributed by atoms with E-state index >= 15 is 0 Å². The first kappa shape index (κ1) is 11.0. The maximum Gasteiger partial charge on any atom is 0.169 e. The van der Waals surface area contributed by atoms with Crippen LogP contribution in [0.2, 0.25) is 0 Å². The molecule has 1 saturated carbocycles. The Morgan fingerprint density at radius 1 is 1.11 bits per heavy atom. The molecule has 0 spiro atoms. The summed E-state index contributed by atoms with van der Waals surface area (Å²) in [6.07, 6.45) is 6.34. The van der Waals surface area contributed by atoms with Gasteiger partial charge in [0.1, 0.15) is 0 Å². The third-order valence-electron chi connectivity index (χ3n) is 4.54. The van der Waals surface area contributed by atoms with Gasteiger partial charge in [-0.1, -0.05) is 25.0 Å². The van der Waals surface area contributed by atoms with Crippen LogP contribution in [-0.2, 0) is 4.79 Å². The predicted molar refractivity (Wildman–Crippen MR) is 75.7 cm³/mol. The van der Waals surface area contributed by atoms with E-state index in [1.165, 1.54) is 12.8 Å². The van der Waals surface area contributed by atoms with Gasteiger partial charge < -0.3 is 5.32 Å². The van der Waals surface area contributed by atoms with E-state index in [4.69, 9.17) is 0 Å². The van der Waals surface area contributed by atoms with Crippen molar-refractivity contribution in [2.75, 3.05) is 5.32 Å². The number of nitrogens with one attached hydrogen (secondary N) is 1. The number of anilines is 1. The number of para-hydroxylation sites is 2. The number of fused-ring (bicyclic) bond motifs is 3. The van der Waals surface area contributed by atoms with Gasteiger partial charge >= 0.3 is 0 Å². The van der Waals surface area contributed by atoms with Crippen LogP contribution in [0.5, 0.6) is 0 Å². The van der Waals surface area contributed by atoms with Gasteiger partial charge in [0, 0.05) is 23.7 Å². The summed E-state index contributed by atoms with van der Waals surface area (Å²) in [7, 11) is 0. The molecule has 0 amide bonds. The van der Waals surface area contributed by atoms with Crippen molar-refractivity contribution < 1.29 is 4.79 Å². The number of rotatable bonds is 0. The van der Waals surface area contributed by atoms with Gasteiger partial charge in [-0.3, -0.25) is 9.79 Å².